The van der Waals surface area contributed by atoms with Gasteiger partial charge in [-0.3, -0.25) is 10.1 Å². The number of aromatic hydroxyl groups is 1. The Labute approximate surface area is 198 Å². The van der Waals surface area contributed by atoms with E-state index in [9.17, 15) is 15.2 Å². The maximum atomic E-state index is 10.8. The van der Waals surface area contributed by atoms with Gasteiger partial charge in [-0.05, 0) is 12.5 Å². The number of unbranched alkanes of at least 4 members (excludes halogenated alkanes) is 9. The second kappa shape index (κ2) is 20.8. The number of nitro groups is 1. The van der Waals surface area contributed by atoms with E-state index in [-0.39, 0.29) is 18.0 Å². The van der Waals surface area contributed by atoms with Gasteiger partial charge in [0.15, 0.2) is 0 Å². The summed E-state index contributed by atoms with van der Waals surface area (Å²) in [6.07, 6.45) is 13.2. The molecule has 0 aliphatic carbocycles. The molecule has 0 aromatic heterocycles. The molecule has 190 valence electrons. The second-order valence-corrected chi connectivity index (χ2v) is 8.14. The zero-order valence-electron chi connectivity index (χ0n) is 20.3. The molecular weight excluding hydrogens is 426 g/mol. The molecule has 0 saturated heterocycles. The lowest BCUT2D eigenvalue weighted by Gasteiger charge is -2.08. The molecule has 0 saturated carbocycles. The van der Waals surface area contributed by atoms with E-state index in [1.54, 1.807) is 0 Å². The summed E-state index contributed by atoms with van der Waals surface area (Å²) >= 11 is 0. The van der Waals surface area contributed by atoms with Crippen molar-refractivity contribution in [1.82, 2.24) is 0 Å². The third kappa shape index (κ3) is 16.5. The van der Waals surface area contributed by atoms with E-state index in [1.807, 2.05) is 0 Å². The van der Waals surface area contributed by atoms with Crippen LogP contribution in [0.4, 0.5) is 5.69 Å². The fraction of sp³-hybridized carbons (Fsp3) is 0.760. The van der Waals surface area contributed by atoms with Crippen molar-refractivity contribution in [2.75, 3.05) is 46.2 Å². The van der Waals surface area contributed by atoms with E-state index in [1.165, 1.54) is 76.0 Å². The van der Waals surface area contributed by atoms with Crippen LogP contribution in [0.25, 0.3) is 0 Å². The average Bonchev–Trinajstić information content (AvgIpc) is 2.81. The van der Waals surface area contributed by atoms with Crippen LogP contribution >= 0.6 is 0 Å². The molecule has 0 atom stereocenters. The highest BCUT2D eigenvalue weighted by atomic mass is 16.6. The molecular formula is C25H43NO7. The van der Waals surface area contributed by atoms with Gasteiger partial charge in [-0.25, -0.2) is 0 Å². The van der Waals surface area contributed by atoms with Gasteiger partial charge in [-0.2, -0.15) is 0 Å². The molecule has 0 aliphatic rings. The van der Waals surface area contributed by atoms with Crippen molar-refractivity contribution in [3.63, 3.8) is 0 Å². The van der Waals surface area contributed by atoms with Gasteiger partial charge in [0.05, 0.1) is 51.2 Å². The summed E-state index contributed by atoms with van der Waals surface area (Å²) in [7, 11) is 0. The van der Waals surface area contributed by atoms with Crippen molar-refractivity contribution in [2.24, 2.45) is 0 Å². The number of rotatable bonds is 23. The van der Waals surface area contributed by atoms with Crippen molar-refractivity contribution in [3.05, 3.63) is 33.9 Å². The van der Waals surface area contributed by atoms with Crippen LogP contribution in [-0.2, 0) is 25.6 Å². The first-order chi connectivity index (χ1) is 16.1. The van der Waals surface area contributed by atoms with Crippen LogP contribution in [0.5, 0.6) is 5.75 Å². The fourth-order valence-corrected chi connectivity index (χ4v) is 3.33. The number of benzene rings is 1. The molecule has 0 radical (unpaired) electrons. The van der Waals surface area contributed by atoms with Crippen molar-refractivity contribution < 1.29 is 29.0 Å². The number of nitrogens with zero attached hydrogens (tertiary/aromatic N) is 1. The van der Waals surface area contributed by atoms with Crippen LogP contribution in [0.2, 0.25) is 0 Å². The zero-order chi connectivity index (χ0) is 24.0. The molecule has 1 N–H and O–H groups in total. The van der Waals surface area contributed by atoms with Crippen LogP contribution in [0.1, 0.15) is 76.7 Å². The Bertz CT molecular complexity index is 612. The highest BCUT2D eigenvalue weighted by Gasteiger charge is 2.10. The Hall–Kier alpha value is -1.74. The lowest BCUT2D eigenvalue weighted by molar-refractivity contribution is -0.385. The predicted molar refractivity (Wildman–Crippen MR) is 129 cm³/mol. The Balaban J connectivity index is 1.80. The van der Waals surface area contributed by atoms with Gasteiger partial charge in [0.25, 0.3) is 5.69 Å². The minimum Gasteiger partial charge on any atom is -0.508 e. The molecule has 33 heavy (non-hydrogen) atoms. The van der Waals surface area contributed by atoms with E-state index in [0.29, 0.717) is 45.2 Å². The lowest BCUT2D eigenvalue weighted by atomic mass is 10.1. The molecule has 1 aromatic carbocycles. The largest absolute Gasteiger partial charge is 0.508 e. The molecule has 0 aliphatic heterocycles. The summed E-state index contributed by atoms with van der Waals surface area (Å²) in [4.78, 5) is 10.3. The minimum absolute atomic E-state index is 0.0229. The van der Waals surface area contributed by atoms with Crippen molar-refractivity contribution in [1.29, 1.82) is 0 Å². The average molecular weight is 470 g/mol. The maximum absolute atomic E-state index is 10.8. The van der Waals surface area contributed by atoms with E-state index in [0.717, 1.165) is 13.0 Å². The molecule has 1 rings (SSSR count). The van der Waals surface area contributed by atoms with E-state index in [2.05, 4.69) is 6.92 Å². The first-order valence-corrected chi connectivity index (χ1v) is 12.4. The maximum Gasteiger partial charge on any atom is 0.270 e. The summed E-state index contributed by atoms with van der Waals surface area (Å²) in [6, 6.07) is 3.86. The number of non-ortho nitro benzene ring substituents is 1. The molecule has 0 spiro atoms. The number of hydrogen-bond donors (Lipinski definition) is 1. The normalized spacial score (nSPS) is 11.2. The molecule has 8 heteroatoms. The Morgan fingerprint density at radius 3 is 1.76 bits per heavy atom. The summed E-state index contributed by atoms with van der Waals surface area (Å²) < 4.78 is 21.9. The van der Waals surface area contributed by atoms with E-state index >= 15 is 0 Å². The SMILES string of the molecule is CCCCCCCCCCCCOCCOCCOCCOCc1cc([N+](=O)[O-])ccc1O. The van der Waals surface area contributed by atoms with Gasteiger partial charge in [-0.1, -0.05) is 64.7 Å². The predicted octanol–water partition coefficient (Wildman–Crippen LogP) is 5.79. The van der Waals surface area contributed by atoms with Gasteiger partial charge < -0.3 is 24.1 Å². The van der Waals surface area contributed by atoms with E-state index < -0.39 is 4.92 Å². The van der Waals surface area contributed by atoms with E-state index in [4.69, 9.17) is 18.9 Å². The summed E-state index contributed by atoms with van der Waals surface area (Å²) in [5, 5.41) is 20.5. The number of phenolic OH excluding ortho intramolecular Hbond substituents is 1. The molecule has 0 heterocycles. The molecule has 0 fully saturated rings. The van der Waals surface area contributed by atoms with Crippen LogP contribution < -0.4 is 0 Å². The molecule has 8 nitrogen and oxygen atoms in total. The van der Waals surface area contributed by atoms with Gasteiger partial charge >= 0.3 is 0 Å². The quantitative estimate of drug-likeness (QED) is 0.123. The molecule has 0 bridgehead atoms. The highest BCUT2D eigenvalue weighted by Crippen LogP contribution is 2.23. The second-order valence-electron chi connectivity index (χ2n) is 8.14. The third-order valence-corrected chi connectivity index (χ3v) is 5.29. The van der Waals surface area contributed by atoms with Crippen molar-refractivity contribution in [3.8, 4) is 5.75 Å². The van der Waals surface area contributed by atoms with Crippen LogP contribution in [0.3, 0.4) is 0 Å². The first-order valence-electron chi connectivity index (χ1n) is 12.4. The summed E-state index contributed by atoms with van der Waals surface area (Å²) in [5.74, 6) is -0.0229. The third-order valence-electron chi connectivity index (χ3n) is 5.29. The van der Waals surface area contributed by atoms with Crippen LogP contribution in [0.15, 0.2) is 18.2 Å². The number of phenols is 1. The minimum atomic E-state index is -0.505. The Morgan fingerprint density at radius 2 is 1.21 bits per heavy atom. The Kier molecular flexibility index (Phi) is 18.5. The Morgan fingerprint density at radius 1 is 0.727 bits per heavy atom. The number of nitro benzene ring substituents is 1. The van der Waals surface area contributed by atoms with Crippen LogP contribution in [0, 0.1) is 10.1 Å². The monoisotopic (exact) mass is 469 g/mol. The van der Waals surface area contributed by atoms with Gasteiger partial charge in [0.1, 0.15) is 5.75 Å². The topological polar surface area (TPSA) is 100 Å². The molecule has 1 aromatic rings. The summed E-state index contributed by atoms with van der Waals surface area (Å²) in [6.45, 7) is 5.97. The van der Waals surface area contributed by atoms with Crippen LogP contribution in [-0.4, -0.2) is 56.3 Å². The van der Waals surface area contributed by atoms with Crippen molar-refractivity contribution in [2.45, 2.75) is 77.7 Å². The highest BCUT2D eigenvalue weighted by molar-refractivity contribution is 5.42. The zero-order valence-corrected chi connectivity index (χ0v) is 20.3. The molecule has 0 unspecified atom stereocenters. The van der Waals surface area contributed by atoms with Gasteiger partial charge in [0.2, 0.25) is 0 Å². The summed E-state index contributed by atoms with van der Waals surface area (Å²) in [5.41, 5.74) is 0.303. The van der Waals surface area contributed by atoms with Crippen molar-refractivity contribution >= 4 is 5.69 Å². The standard InChI is InChI=1S/C25H43NO7/c1-2-3-4-5-6-7-8-9-10-11-14-30-15-16-31-17-18-32-19-20-33-22-23-21-24(26(28)29)12-13-25(23)27/h12-13,21,27H,2-11,14-20,22H2,1H3. The van der Waals surface area contributed by atoms with Gasteiger partial charge in [-0.15, -0.1) is 0 Å². The smallest absolute Gasteiger partial charge is 0.270 e. The van der Waals surface area contributed by atoms with Gasteiger partial charge in [0, 0.05) is 24.3 Å². The number of ether oxygens (including phenoxy) is 4. The molecule has 0 amide bonds. The number of hydrogen-bond acceptors (Lipinski definition) is 7. The lowest BCUT2D eigenvalue weighted by Crippen LogP contribution is -2.12. The first kappa shape index (κ1) is 29.3. The fourth-order valence-electron chi connectivity index (χ4n) is 3.33.